The quantitative estimate of drug-likeness (QED) is 0.185. The lowest BCUT2D eigenvalue weighted by Gasteiger charge is -2.12. The third-order valence-corrected chi connectivity index (χ3v) is 12.9. The highest BCUT2D eigenvalue weighted by atomic mass is 79.9. The zero-order valence-electron chi connectivity index (χ0n) is 27.3. The number of hydrogen-bond donors (Lipinski definition) is 2. The van der Waals surface area contributed by atoms with Gasteiger partial charge in [-0.25, -0.2) is 9.97 Å². The molecule has 250 valence electrons. The van der Waals surface area contributed by atoms with E-state index >= 15 is 0 Å². The molecule has 7 aromatic rings. The fourth-order valence-corrected chi connectivity index (χ4v) is 9.69. The van der Waals surface area contributed by atoms with Gasteiger partial charge in [-0.1, -0.05) is 121 Å². The Kier molecular flexibility index (Phi) is 8.79. The summed E-state index contributed by atoms with van der Waals surface area (Å²) in [6.07, 6.45) is 4.11. The van der Waals surface area contributed by atoms with Crippen LogP contribution in [0.1, 0.15) is 28.3 Å². The van der Waals surface area contributed by atoms with Crippen molar-refractivity contribution >= 4 is 108 Å². The van der Waals surface area contributed by atoms with E-state index < -0.39 is 0 Å². The van der Waals surface area contributed by atoms with Crippen molar-refractivity contribution in [3.63, 3.8) is 0 Å². The van der Waals surface area contributed by atoms with Crippen molar-refractivity contribution in [2.75, 3.05) is 0 Å². The largest absolute Gasteiger partial charge is 0.354 e. The number of nitrogens with one attached hydrogen (secondary N) is 2. The van der Waals surface area contributed by atoms with Crippen LogP contribution in [0.4, 0.5) is 0 Å². The zero-order valence-corrected chi connectivity index (χ0v) is 33.6. The minimum absolute atomic E-state index is 0.770. The van der Waals surface area contributed by atoms with Crippen LogP contribution in [0, 0.1) is 0 Å². The molecule has 9 rings (SSSR count). The van der Waals surface area contributed by atoms with Crippen molar-refractivity contribution < 1.29 is 0 Å². The second-order valence-corrected chi connectivity index (χ2v) is 15.6. The Hall–Kier alpha value is -4.60. The van der Waals surface area contributed by atoms with Crippen molar-refractivity contribution in [3.8, 4) is 33.4 Å². The van der Waals surface area contributed by atoms with E-state index in [1.54, 1.807) is 0 Å². The number of hydrogen-bond acceptors (Lipinski definition) is 2. The molecule has 2 aliphatic heterocycles. The van der Waals surface area contributed by atoms with Crippen LogP contribution in [-0.4, -0.2) is 19.9 Å². The normalized spacial score (nSPS) is 12.5. The summed E-state index contributed by atoms with van der Waals surface area (Å²) in [5, 5.41) is 0. The van der Waals surface area contributed by atoms with Gasteiger partial charge in [-0.05, 0) is 110 Å². The molecular weight excluding hydrogens is 904 g/mol. The van der Waals surface area contributed by atoms with Crippen molar-refractivity contribution in [2.45, 2.75) is 0 Å². The van der Waals surface area contributed by atoms with E-state index in [0.717, 1.165) is 107 Å². The summed E-state index contributed by atoms with van der Waals surface area (Å²) in [6.45, 7) is 0. The average molecular weight is 930 g/mol. The van der Waals surface area contributed by atoms with Crippen LogP contribution in [0.2, 0.25) is 0 Å². The first kappa shape index (κ1) is 33.3. The third kappa shape index (κ3) is 5.78. The highest BCUT2D eigenvalue weighted by Crippen LogP contribution is 2.49. The predicted molar refractivity (Wildman–Crippen MR) is 231 cm³/mol. The van der Waals surface area contributed by atoms with Crippen molar-refractivity contribution in [3.05, 3.63) is 175 Å². The average Bonchev–Trinajstić information content (AvgIpc) is 3.94. The number of aromatic amines is 2. The molecule has 0 unspecified atom stereocenters. The number of aromatic nitrogens is 4. The van der Waals surface area contributed by atoms with E-state index in [2.05, 4.69) is 201 Å². The van der Waals surface area contributed by atoms with Gasteiger partial charge in [0.15, 0.2) is 0 Å². The van der Waals surface area contributed by atoms with Gasteiger partial charge in [0.2, 0.25) is 0 Å². The smallest absolute Gasteiger partial charge is 0.0950 e. The Balaban J connectivity index is 1.59. The molecule has 2 aliphatic rings. The van der Waals surface area contributed by atoms with Gasteiger partial charge in [0.05, 0.1) is 57.2 Å². The highest BCUT2D eigenvalue weighted by molar-refractivity contribution is 9.15. The predicted octanol–water partition coefficient (Wildman–Crippen LogP) is 14.1. The second-order valence-electron chi connectivity index (χ2n) is 12.4. The van der Waals surface area contributed by atoms with Crippen LogP contribution in [-0.2, 0) is 0 Å². The third-order valence-electron chi connectivity index (χ3n) is 9.26. The topological polar surface area (TPSA) is 57.4 Å². The van der Waals surface area contributed by atoms with E-state index in [1.165, 1.54) is 0 Å². The summed E-state index contributed by atoms with van der Waals surface area (Å²) in [5.41, 5.74) is 15.4. The molecule has 8 heteroatoms. The summed E-state index contributed by atoms with van der Waals surface area (Å²) in [4.78, 5) is 18.2. The molecule has 0 radical (unpaired) electrons. The number of H-pyrrole nitrogens is 2. The maximum atomic E-state index is 5.56. The number of fused-ring (bicyclic) bond motifs is 8. The molecule has 3 aromatic heterocycles. The maximum Gasteiger partial charge on any atom is 0.0950 e. The molecule has 0 saturated carbocycles. The van der Waals surface area contributed by atoms with E-state index in [-0.39, 0.29) is 0 Å². The molecule has 4 aromatic carbocycles. The molecule has 4 nitrogen and oxygen atoms in total. The summed E-state index contributed by atoms with van der Waals surface area (Å²) in [6, 6.07) is 46.4. The Morgan fingerprint density at radius 2 is 0.885 bits per heavy atom. The van der Waals surface area contributed by atoms with Gasteiger partial charge in [-0.2, -0.15) is 0 Å². The monoisotopic (exact) mass is 926 g/mol. The first-order valence-electron chi connectivity index (χ1n) is 16.6. The van der Waals surface area contributed by atoms with Gasteiger partial charge >= 0.3 is 0 Å². The molecular formula is C44H26Br4N4. The van der Waals surface area contributed by atoms with Crippen molar-refractivity contribution in [1.29, 1.82) is 0 Å². The minimum atomic E-state index is 0.770. The minimum Gasteiger partial charge on any atom is -0.354 e. The van der Waals surface area contributed by atoms with Gasteiger partial charge in [0, 0.05) is 27.8 Å². The summed E-state index contributed by atoms with van der Waals surface area (Å²) >= 11 is 15.8. The van der Waals surface area contributed by atoms with Crippen LogP contribution in [0.3, 0.4) is 0 Å². The Bertz CT molecular complexity index is 2750. The Labute approximate surface area is 334 Å². The lowest BCUT2D eigenvalue weighted by Crippen LogP contribution is -1.93. The van der Waals surface area contributed by atoms with Crippen LogP contribution in [0.25, 0.3) is 77.7 Å². The SMILES string of the molecule is BrC1=C(c2ccccc2)c2nc1c(Br)c1[nH]c(cc3nc(cc4[nH]c(c2-c2ccccc2)c(-c2ccccc2)c4-c2ccccc2)C=C3)c(Br)c1Br. The fraction of sp³-hybridized carbons (Fsp3) is 0. The first-order chi connectivity index (χ1) is 25.5. The standard InChI is InChI=1S/C44H26Br4N4/c45-37-32-24-30-22-21-29(49-30)23-31-33(25-13-5-1-6-14-25)34(26-15-7-2-8-16-26)41(50-31)36(28-19-11-4-12-20-28)42-35(27-17-9-3-10-18-27)38(46)43(52-42)40(48)44(51-32)39(37)47/h1-24,50-51H. The molecule has 5 heterocycles. The van der Waals surface area contributed by atoms with Gasteiger partial charge < -0.3 is 9.97 Å². The van der Waals surface area contributed by atoms with E-state index in [1.807, 2.05) is 18.2 Å². The van der Waals surface area contributed by atoms with E-state index in [0.29, 0.717) is 0 Å². The molecule has 0 aliphatic carbocycles. The second kappa shape index (κ2) is 13.7. The van der Waals surface area contributed by atoms with E-state index in [9.17, 15) is 0 Å². The summed E-state index contributed by atoms with van der Waals surface area (Å²) in [5.74, 6) is 0. The zero-order chi connectivity index (χ0) is 35.3. The molecule has 2 N–H and O–H groups in total. The lowest BCUT2D eigenvalue weighted by atomic mass is 9.91. The van der Waals surface area contributed by atoms with Gasteiger partial charge in [-0.15, -0.1) is 0 Å². The molecule has 8 bridgehead atoms. The maximum absolute atomic E-state index is 5.56. The summed E-state index contributed by atoms with van der Waals surface area (Å²) < 4.78 is 3.46. The number of rotatable bonds is 4. The van der Waals surface area contributed by atoms with E-state index in [4.69, 9.17) is 9.97 Å². The highest BCUT2D eigenvalue weighted by Gasteiger charge is 2.29. The van der Waals surface area contributed by atoms with Crippen molar-refractivity contribution in [2.24, 2.45) is 0 Å². The number of nitrogens with zero attached hydrogens (tertiary/aromatic N) is 2. The molecule has 0 atom stereocenters. The molecule has 52 heavy (non-hydrogen) atoms. The van der Waals surface area contributed by atoms with Gasteiger partial charge in [0.25, 0.3) is 0 Å². The molecule has 0 amide bonds. The van der Waals surface area contributed by atoms with Crippen LogP contribution in [0.15, 0.2) is 147 Å². The first-order valence-corrected chi connectivity index (χ1v) is 19.8. The van der Waals surface area contributed by atoms with Crippen LogP contribution < -0.4 is 0 Å². The van der Waals surface area contributed by atoms with Crippen LogP contribution in [0.5, 0.6) is 0 Å². The molecule has 0 saturated heterocycles. The van der Waals surface area contributed by atoms with Gasteiger partial charge in [0.1, 0.15) is 0 Å². The summed E-state index contributed by atoms with van der Waals surface area (Å²) in [7, 11) is 0. The molecule has 0 spiro atoms. The number of benzene rings is 4. The lowest BCUT2D eigenvalue weighted by molar-refractivity contribution is 1.29. The molecule has 0 fully saturated rings. The van der Waals surface area contributed by atoms with Crippen LogP contribution >= 0.6 is 63.7 Å². The van der Waals surface area contributed by atoms with Crippen molar-refractivity contribution in [1.82, 2.24) is 19.9 Å². The Morgan fingerprint density at radius 1 is 0.404 bits per heavy atom. The number of halogens is 4. The fourth-order valence-electron chi connectivity index (χ4n) is 6.94. The Morgan fingerprint density at radius 3 is 1.46 bits per heavy atom. The van der Waals surface area contributed by atoms with Gasteiger partial charge in [-0.3, -0.25) is 0 Å².